The molecule has 0 aliphatic heterocycles. The molecule has 0 unspecified atom stereocenters. The van der Waals surface area contributed by atoms with Gasteiger partial charge < -0.3 is 14.5 Å². The van der Waals surface area contributed by atoms with E-state index in [1.807, 2.05) is 48.5 Å². The van der Waals surface area contributed by atoms with Crippen molar-refractivity contribution in [2.75, 3.05) is 0 Å². The van der Waals surface area contributed by atoms with Gasteiger partial charge in [0.25, 0.3) is 0 Å². The summed E-state index contributed by atoms with van der Waals surface area (Å²) in [5.74, 6) is 0. The van der Waals surface area contributed by atoms with Gasteiger partial charge in [0, 0.05) is 50.8 Å². The van der Waals surface area contributed by atoms with Gasteiger partial charge in [0.05, 0.1) is 28.6 Å². The second-order valence-electron chi connectivity index (χ2n) is 15.9. The zero-order valence-electron chi connectivity index (χ0n) is 34.1. The first-order valence-electron chi connectivity index (χ1n) is 21.2. The number of aromatic nitrogens is 2. The Morgan fingerprint density at radius 1 is 0.371 bits per heavy atom. The second kappa shape index (κ2) is 15.8. The number of rotatable bonds is 10. The Labute approximate surface area is 360 Å². The Kier molecular flexibility index (Phi) is 9.44. The maximum atomic E-state index is 8.97. The van der Waals surface area contributed by atoms with Gasteiger partial charge in [-0.3, -0.25) is 4.99 Å². The molecular formula is C58H42N4. The molecule has 0 fully saturated rings. The van der Waals surface area contributed by atoms with Gasteiger partial charge in [0.15, 0.2) is 0 Å². The summed E-state index contributed by atoms with van der Waals surface area (Å²) in [6, 6.07) is 79.7. The topological polar surface area (TPSA) is 46.1 Å². The van der Waals surface area contributed by atoms with Crippen molar-refractivity contribution in [3.63, 3.8) is 0 Å². The van der Waals surface area contributed by atoms with Crippen LogP contribution in [0.5, 0.6) is 0 Å². The quantitative estimate of drug-likeness (QED) is 0.134. The van der Waals surface area contributed by atoms with Crippen molar-refractivity contribution in [2.45, 2.75) is 13.0 Å². The summed E-state index contributed by atoms with van der Waals surface area (Å²) in [7, 11) is 0. The van der Waals surface area contributed by atoms with E-state index in [-0.39, 0.29) is 0 Å². The molecule has 11 aromatic rings. The molecular weight excluding hydrogens is 753 g/mol. The average molecular weight is 795 g/mol. The van der Waals surface area contributed by atoms with Gasteiger partial charge >= 0.3 is 0 Å². The van der Waals surface area contributed by atoms with E-state index in [1.54, 1.807) is 0 Å². The Morgan fingerprint density at radius 2 is 0.806 bits per heavy atom. The number of para-hydroxylation sites is 2. The van der Waals surface area contributed by atoms with Crippen LogP contribution in [0.2, 0.25) is 0 Å². The molecule has 0 radical (unpaired) electrons. The molecule has 2 heterocycles. The number of fused-ring (bicyclic) bond motifs is 6. The average Bonchev–Trinajstić information content (AvgIpc) is 3.86. The van der Waals surface area contributed by atoms with Crippen molar-refractivity contribution in [3.8, 4) is 33.6 Å². The van der Waals surface area contributed by atoms with E-state index in [0.29, 0.717) is 18.7 Å². The zero-order chi connectivity index (χ0) is 41.4. The molecule has 1 N–H and O–H groups in total. The molecule has 0 saturated carbocycles. The number of aliphatic imine (C=N–C) groups is 1. The molecule has 62 heavy (non-hydrogen) atoms. The predicted octanol–water partition coefficient (Wildman–Crippen LogP) is 14.7. The normalized spacial score (nSPS) is 11.8. The first kappa shape index (κ1) is 37.0. The summed E-state index contributed by atoms with van der Waals surface area (Å²) in [6.07, 6.45) is 0.447. The Bertz CT molecular complexity index is 3430. The van der Waals surface area contributed by atoms with Gasteiger partial charge in [-0.05, 0) is 99.6 Å². The lowest BCUT2D eigenvalue weighted by Crippen LogP contribution is -2.11. The highest BCUT2D eigenvalue weighted by atomic mass is 15.0. The number of hydrogen-bond donors (Lipinski definition) is 1. The lowest BCUT2D eigenvalue weighted by atomic mass is 9.99. The maximum absolute atomic E-state index is 8.97. The summed E-state index contributed by atoms with van der Waals surface area (Å²) in [5.41, 5.74) is 16.3. The molecule has 11 rings (SSSR count). The molecule has 4 nitrogen and oxygen atoms in total. The van der Waals surface area contributed by atoms with Gasteiger partial charge in [0.2, 0.25) is 0 Å². The first-order valence-corrected chi connectivity index (χ1v) is 21.2. The summed E-state index contributed by atoms with van der Waals surface area (Å²) < 4.78 is 4.75. The van der Waals surface area contributed by atoms with Crippen molar-refractivity contribution in [3.05, 3.63) is 241 Å². The highest BCUT2D eigenvalue weighted by molar-refractivity contribution is 6.17. The molecule has 0 spiro atoms. The lowest BCUT2D eigenvalue weighted by molar-refractivity contribution is 1.06. The standard InChI is InChI=1S/C58H42N4/c59-53(43-18-8-3-9-19-43)38-54(60-39-40-14-4-1-5-15-40)44-26-32-48(33-27-44)62-56-23-13-11-21-50(56)52-37-46(29-35-58(52)62)45-28-34-57-51(36-45)49-20-10-12-22-55(49)61(57)47-30-24-42(25-31-47)41-16-6-2-7-17-41/h1-37,59H,38-39H2. The van der Waals surface area contributed by atoms with Crippen molar-refractivity contribution >= 4 is 55.0 Å². The van der Waals surface area contributed by atoms with Crippen LogP contribution in [-0.2, 0) is 6.54 Å². The van der Waals surface area contributed by atoms with Crippen LogP contribution >= 0.6 is 0 Å². The van der Waals surface area contributed by atoms with Gasteiger partial charge in [-0.25, -0.2) is 0 Å². The minimum absolute atomic E-state index is 0.447. The van der Waals surface area contributed by atoms with Crippen LogP contribution < -0.4 is 0 Å². The van der Waals surface area contributed by atoms with E-state index in [0.717, 1.165) is 44.8 Å². The Hall–Kier alpha value is -8.08. The van der Waals surface area contributed by atoms with Gasteiger partial charge in [0.1, 0.15) is 0 Å². The van der Waals surface area contributed by atoms with E-state index in [2.05, 4.69) is 185 Å². The molecule has 0 atom stereocenters. The van der Waals surface area contributed by atoms with E-state index in [1.165, 1.54) is 54.8 Å². The van der Waals surface area contributed by atoms with Crippen molar-refractivity contribution in [1.82, 2.24) is 9.13 Å². The predicted molar refractivity (Wildman–Crippen MR) is 261 cm³/mol. The molecule has 294 valence electrons. The van der Waals surface area contributed by atoms with E-state index in [4.69, 9.17) is 10.4 Å². The van der Waals surface area contributed by atoms with Gasteiger partial charge in [-0.15, -0.1) is 0 Å². The SMILES string of the molecule is N=C(CC(=NCc1ccccc1)c1ccc(-n2c3ccccc3c3cc(-c4ccc5c(c4)c4ccccc4n5-c4ccc(-c5ccccc5)cc4)ccc32)cc1)c1ccccc1. The first-order chi connectivity index (χ1) is 30.7. The van der Waals surface area contributed by atoms with Crippen LogP contribution in [0.25, 0.3) is 77.2 Å². The lowest BCUT2D eigenvalue weighted by Gasteiger charge is -2.12. The smallest absolute Gasteiger partial charge is 0.0643 e. The molecule has 0 aliphatic rings. The molecule has 0 amide bonds. The summed E-state index contributed by atoms with van der Waals surface area (Å²) in [4.78, 5) is 5.09. The van der Waals surface area contributed by atoms with Crippen LogP contribution in [0.4, 0.5) is 0 Å². The molecule has 9 aromatic carbocycles. The third-order valence-corrected chi connectivity index (χ3v) is 12.1. The Morgan fingerprint density at radius 3 is 1.37 bits per heavy atom. The number of nitrogens with zero attached hydrogens (tertiary/aromatic N) is 3. The molecule has 2 aromatic heterocycles. The third-order valence-electron chi connectivity index (χ3n) is 12.1. The molecule has 4 heteroatoms. The number of hydrogen-bond acceptors (Lipinski definition) is 2. The highest BCUT2D eigenvalue weighted by Crippen LogP contribution is 2.38. The van der Waals surface area contributed by atoms with E-state index in [9.17, 15) is 0 Å². The molecule has 0 bridgehead atoms. The zero-order valence-corrected chi connectivity index (χ0v) is 34.1. The van der Waals surface area contributed by atoms with Crippen molar-refractivity contribution in [1.29, 1.82) is 5.41 Å². The minimum Gasteiger partial charge on any atom is -0.309 e. The minimum atomic E-state index is 0.447. The summed E-state index contributed by atoms with van der Waals surface area (Å²) in [5, 5.41) is 13.9. The number of benzene rings is 9. The molecule has 0 aliphatic carbocycles. The van der Waals surface area contributed by atoms with Crippen LogP contribution in [0, 0.1) is 5.41 Å². The van der Waals surface area contributed by atoms with Crippen molar-refractivity contribution in [2.24, 2.45) is 4.99 Å². The molecule has 0 saturated heterocycles. The van der Waals surface area contributed by atoms with Crippen LogP contribution in [0.15, 0.2) is 229 Å². The summed E-state index contributed by atoms with van der Waals surface area (Å²) in [6.45, 7) is 0.563. The van der Waals surface area contributed by atoms with Crippen LogP contribution in [0.3, 0.4) is 0 Å². The Balaban J connectivity index is 0.955. The van der Waals surface area contributed by atoms with Gasteiger partial charge in [-0.2, -0.15) is 0 Å². The van der Waals surface area contributed by atoms with E-state index < -0.39 is 0 Å². The fourth-order valence-corrected chi connectivity index (χ4v) is 9.03. The largest absolute Gasteiger partial charge is 0.309 e. The monoisotopic (exact) mass is 794 g/mol. The maximum Gasteiger partial charge on any atom is 0.0643 e. The van der Waals surface area contributed by atoms with Gasteiger partial charge in [-0.1, -0.05) is 164 Å². The van der Waals surface area contributed by atoms with Crippen LogP contribution in [0.1, 0.15) is 23.1 Å². The fourth-order valence-electron chi connectivity index (χ4n) is 9.03. The van der Waals surface area contributed by atoms with Crippen LogP contribution in [-0.4, -0.2) is 20.6 Å². The second-order valence-corrected chi connectivity index (χ2v) is 15.9. The van der Waals surface area contributed by atoms with E-state index >= 15 is 0 Å². The summed E-state index contributed by atoms with van der Waals surface area (Å²) >= 11 is 0. The fraction of sp³-hybridized carbons (Fsp3) is 0.0345. The van der Waals surface area contributed by atoms with Crippen molar-refractivity contribution < 1.29 is 0 Å². The third kappa shape index (κ3) is 6.78. The highest BCUT2D eigenvalue weighted by Gasteiger charge is 2.17. The number of nitrogens with one attached hydrogen (secondary N) is 1.